The van der Waals surface area contributed by atoms with E-state index in [1.54, 1.807) is 0 Å². The van der Waals surface area contributed by atoms with E-state index in [0.29, 0.717) is 25.9 Å². The Morgan fingerprint density at radius 1 is 1.10 bits per heavy atom. The fourth-order valence-electron chi connectivity index (χ4n) is 3.20. The number of esters is 2. The number of halogens is 2. The van der Waals surface area contributed by atoms with Crippen molar-refractivity contribution < 1.29 is 32.3 Å². The van der Waals surface area contributed by atoms with Gasteiger partial charge in [0.2, 0.25) is 10.0 Å². The lowest BCUT2D eigenvalue weighted by Crippen LogP contribution is -2.42. The summed E-state index contributed by atoms with van der Waals surface area (Å²) in [6.45, 7) is 0.142. The first-order valence-electron chi connectivity index (χ1n) is 9.66. The maximum Gasteiger partial charge on any atom is 0.340 e. The zero-order valence-electron chi connectivity index (χ0n) is 16.7. The van der Waals surface area contributed by atoms with Crippen LogP contribution in [0.25, 0.3) is 0 Å². The van der Waals surface area contributed by atoms with Crippen molar-refractivity contribution in [3.05, 3.63) is 27.7 Å². The smallest absolute Gasteiger partial charge is 0.340 e. The number of sulfonamides is 1. The molecule has 9 nitrogen and oxygen atoms in total. The molecule has 1 aromatic rings. The zero-order chi connectivity index (χ0) is 22.8. The van der Waals surface area contributed by atoms with Gasteiger partial charge in [-0.3, -0.25) is 9.59 Å². The molecule has 0 atom stereocenters. The first-order chi connectivity index (χ1) is 14.6. The second kappa shape index (κ2) is 9.72. The van der Waals surface area contributed by atoms with Gasteiger partial charge in [0.15, 0.2) is 6.61 Å². The number of benzene rings is 1. The summed E-state index contributed by atoms with van der Waals surface area (Å²) in [6, 6.07) is 2.05. The number of ether oxygens (including phenoxy) is 2. The van der Waals surface area contributed by atoms with E-state index in [4.69, 9.17) is 32.7 Å². The van der Waals surface area contributed by atoms with Crippen LogP contribution in [0.5, 0.6) is 0 Å². The molecule has 1 amide bonds. The van der Waals surface area contributed by atoms with E-state index in [1.807, 2.05) is 0 Å². The van der Waals surface area contributed by atoms with Crippen LogP contribution in [0.1, 0.15) is 36.0 Å². The van der Waals surface area contributed by atoms with Gasteiger partial charge in [-0.1, -0.05) is 23.2 Å². The second-order valence-electron chi connectivity index (χ2n) is 7.41. The van der Waals surface area contributed by atoms with Crippen LogP contribution in [0.4, 0.5) is 0 Å². The minimum atomic E-state index is -3.92. The van der Waals surface area contributed by atoms with Crippen LogP contribution in [-0.4, -0.2) is 64.0 Å². The number of carbonyl (C=O) groups is 3. The van der Waals surface area contributed by atoms with Crippen molar-refractivity contribution in [3.8, 4) is 0 Å². The number of rotatable bonds is 7. The highest BCUT2D eigenvalue weighted by Gasteiger charge is 2.31. The van der Waals surface area contributed by atoms with E-state index in [9.17, 15) is 22.8 Å². The summed E-state index contributed by atoms with van der Waals surface area (Å²) in [4.78, 5) is 37.6. The molecule has 2 aliphatic rings. The van der Waals surface area contributed by atoms with Gasteiger partial charge in [-0.15, -0.1) is 0 Å². The molecule has 0 unspecified atom stereocenters. The Morgan fingerprint density at radius 2 is 1.74 bits per heavy atom. The molecular formula is C19H22Cl2N2O7S. The predicted molar refractivity (Wildman–Crippen MR) is 111 cm³/mol. The van der Waals surface area contributed by atoms with Crippen molar-refractivity contribution >= 4 is 51.1 Å². The third-order valence-electron chi connectivity index (χ3n) is 5.14. The summed E-state index contributed by atoms with van der Waals surface area (Å²) >= 11 is 12.1. The molecule has 12 heteroatoms. The van der Waals surface area contributed by atoms with Crippen LogP contribution < -0.4 is 4.72 Å². The normalized spacial score (nSPS) is 17.3. The number of methoxy groups -OCH3 is 1. The Morgan fingerprint density at radius 3 is 2.32 bits per heavy atom. The molecule has 1 saturated heterocycles. The van der Waals surface area contributed by atoms with Crippen LogP contribution in [0.15, 0.2) is 17.0 Å². The third kappa shape index (κ3) is 5.88. The summed E-state index contributed by atoms with van der Waals surface area (Å²) in [7, 11) is -2.61. The fraction of sp³-hybridized carbons (Fsp3) is 0.526. The van der Waals surface area contributed by atoms with Gasteiger partial charge in [0.1, 0.15) is 4.90 Å². The highest BCUT2D eigenvalue weighted by atomic mass is 35.5. The third-order valence-corrected chi connectivity index (χ3v) is 7.44. The van der Waals surface area contributed by atoms with Crippen molar-refractivity contribution in [1.82, 2.24) is 9.62 Å². The van der Waals surface area contributed by atoms with E-state index >= 15 is 0 Å². The van der Waals surface area contributed by atoms with Gasteiger partial charge in [-0.2, -0.15) is 0 Å². The molecule has 31 heavy (non-hydrogen) atoms. The molecule has 1 N–H and O–H groups in total. The molecule has 0 radical (unpaired) electrons. The first kappa shape index (κ1) is 23.8. The minimum absolute atomic E-state index is 0.0910. The summed E-state index contributed by atoms with van der Waals surface area (Å²) < 4.78 is 37.2. The van der Waals surface area contributed by atoms with Gasteiger partial charge >= 0.3 is 11.9 Å². The van der Waals surface area contributed by atoms with E-state index in [-0.39, 0.29) is 38.4 Å². The standard InChI is InChI=1S/C19H22Cl2N2O7S/c1-29-18(25)11-4-6-23(7-5-11)17(24)10-30-19(26)13-8-16(15(21)9-14(13)20)31(27,28)22-12-2-3-12/h8-9,11-12,22H,2-7,10H2,1H3. The predicted octanol–water partition coefficient (Wildman–Crippen LogP) is 2.00. The zero-order valence-corrected chi connectivity index (χ0v) is 19.1. The van der Waals surface area contributed by atoms with Crippen LogP contribution in [0.2, 0.25) is 10.0 Å². The summed E-state index contributed by atoms with van der Waals surface area (Å²) in [6.07, 6.45) is 2.39. The second-order valence-corrected chi connectivity index (χ2v) is 9.91. The lowest BCUT2D eigenvalue weighted by atomic mass is 9.97. The van der Waals surface area contributed by atoms with Crippen LogP contribution >= 0.6 is 23.2 Å². The van der Waals surface area contributed by atoms with Gasteiger partial charge < -0.3 is 14.4 Å². The Balaban J connectivity index is 1.62. The number of hydrogen-bond donors (Lipinski definition) is 1. The average Bonchev–Trinajstić information content (AvgIpc) is 3.54. The van der Waals surface area contributed by atoms with Gasteiger partial charge in [0.05, 0.1) is 28.6 Å². The molecule has 1 aliphatic carbocycles. The van der Waals surface area contributed by atoms with E-state index in [0.717, 1.165) is 25.0 Å². The number of amides is 1. The molecule has 170 valence electrons. The van der Waals surface area contributed by atoms with Gasteiger partial charge in [0, 0.05) is 19.1 Å². The van der Waals surface area contributed by atoms with E-state index in [1.165, 1.54) is 12.0 Å². The Hall–Kier alpha value is -1.88. The molecule has 1 aromatic carbocycles. The van der Waals surface area contributed by atoms with Gasteiger partial charge in [0.25, 0.3) is 5.91 Å². The summed E-state index contributed by atoms with van der Waals surface area (Å²) in [5.74, 6) is -1.93. The largest absolute Gasteiger partial charge is 0.469 e. The Bertz CT molecular complexity index is 987. The van der Waals surface area contributed by atoms with Crippen molar-refractivity contribution in [2.24, 2.45) is 5.92 Å². The van der Waals surface area contributed by atoms with Crippen molar-refractivity contribution in [2.45, 2.75) is 36.6 Å². The van der Waals surface area contributed by atoms with Crippen molar-refractivity contribution in [2.75, 3.05) is 26.8 Å². The van der Waals surface area contributed by atoms with Crippen LogP contribution in [0, 0.1) is 5.92 Å². The number of piperidine rings is 1. The molecule has 1 aliphatic heterocycles. The Kier molecular flexibility index (Phi) is 7.46. The molecule has 3 rings (SSSR count). The first-order valence-corrected chi connectivity index (χ1v) is 11.9. The molecule has 0 bridgehead atoms. The van der Waals surface area contributed by atoms with Gasteiger partial charge in [-0.25, -0.2) is 17.9 Å². The molecular weight excluding hydrogens is 471 g/mol. The highest BCUT2D eigenvalue weighted by Crippen LogP contribution is 2.31. The monoisotopic (exact) mass is 492 g/mol. The van der Waals surface area contributed by atoms with Crippen LogP contribution in [0.3, 0.4) is 0 Å². The molecule has 1 saturated carbocycles. The van der Waals surface area contributed by atoms with Crippen LogP contribution in [-0.2, 0) is 29.1 Å². The topological polar surface area (TPSA) is 119 Å². The lowest BCUT2D eigenvalue weighted by Gasteiger charge is -2.30. The average molecular weight is 493 g/mol. The molecule has 1 heterocycles. The van der Waals surface area contributed by atoms with E-state index in [2.05, 4.69) is 4.72 Å². The highest BCUT2D eigenvalue weighted by molar-refractivity contribution is 7.89. The number of nitrogens with one attached hydrogen (secondary N) is 1. The Labute approximate surface area is 190 Å². The van der Waals surface area contributed by atoms with Crippen molar-refractivity contribution in [1.29, 1.82) is 0 Å². The maximum atomic E-state index is 12.5. The quantitative estimate of drug-likeness (QED) is 0.577. The number of nitrogens with zero attached hydrogens (tertiary/aromatic N) is 1. The van der Waals surface area contributed by atoms with Gasteiger partial charge in [-0.05, 0) is 37.8 Å². The number of hydrogen-bond acceptors (Lipinski definition) is 7. The summed E-state index contributed by atoms with van der Waals surface area (Å²) in [5.41, 5.74) is -0.209. The molecule has 0 spiro atoms. The molecule has 0 aromatic heterocycles. The lowest BCUT2D eigenvalue weighted by molar-refractivity contribution is -0.149. The summed E-state index contributed by atoms with van der Waals surface area (Å²) in [5, 5.41) is -0.217. The fourth-order valence-corrected chi connectivity index (χ4v) is 5.36. The van der Waals surface area contributed by atoms with E-state index < -0.39 is 28.5 Å². The number of carbonyl (C=O) groups excluding carboxylic acids is 3. The SMILES string of the molecule is COC(=O)C1CCN(C(=O)COC(=O)c2cc(S(=O)(=O)NC3CC3)c(Cl)cc2Cl)CC1. The number of likely N-dealkylation sites (tertiary alicyclic amines) is 1. The maximum absolute atomic E-state index is 12.5. The van der Waals surface area contributed by atoms with Crippen molar-refractivity contribution in [3.63, 3.8) is 0 Å². The minimum Gasteiger partial charge on any atom is -0.469 e. The molecule has 2 fully saturated rings.